The number of nitrogens with one attached hydrogen (secondary N) is 1. The van der Waals surface area contributed by atoms with E-state index in [2.05, 4.69) is 15.3 Å². The minimum Gasteiger partial charge on any atom is -0.346 e. The lowest BCUT2D eigenvalue weighted by molar-refractivity contribution is 1.31. The summed E-state index contributed by atoms with van der Waals surface area (Å²) in [5.74, 6) is 0.859. The molecular formula is C12H25N3. The van der Waals surface area contributed by atoms with Gasteiger partial charge in [0, 0.05) is 20.2 Å². The molecule has 0 aromatic carbocycles. The van der Waals surface area contributed by atoms with Gasteiger partial charge in [0.05, 0.1) is 0 Å². The smallest absolute Gasteiger partial charge is 0.138 e. The number of rotatable bonds is 1. The highest BCUT2D eigenvalue weighted by Crippen LogP contribution is 2.03. The molecule has 1 aliphatic heterocycles. The van der Waals surface area contributed by atoms with E-state index in [9.17, 15) is 0 Å². The van der Waals surface area contributed by atoms with Crippen LogP contribution in [0.4, 0.5) is 0 Å². The molecule has 15 heavy (non-hydrogen) atoms. The van der Waals surface area contributed by atoms with Crippen LogP contribution in [0.5, 0.6) is 0 Å². The first kappa shape index (κ1) is 16.1. The lowest BCUT2D eigenvalue weighted by Gasteiger charge is -1.95. The highest BCUT2D eigenvalue weighted by molar-refractivity contribution is 6.06. The largest absolute Gasteiger partial charge is 0.346 e. The van der Waals surface area contributed by atoms with Crippen LogP contribution in [-0.4, -0.2) is 19.2 Å². The summed E-state index contributed by atoms with van der Waals surface area (Å²) in [5, 5.41) is 3.00. The van der Waals surface area contributed by atoms with Gasteiger partial charge in [-0.15, -0.1) is 0 Å². The van der Waals surface area contributed by atoms with Gasteiger partial charge in [-0.25, -0.2) is 4.99 Å². The van der Waals surface area contributed by atoms with Gasteiger partial charge < -0.3 is 5.32 Å². The van der Waals surface area contributed by atoms with E-state index in [1.54, 1.807) is 7.05 Å². The first-order chi connectivity index (χ1) is 7.38. The summed E-state index contributed by atoms with van der Waals surface area (Å²) in [6, 6.07) is 0. The van der Waals surface area contributed by atoms with Crippen LogP contribution in [0.25, 0.3) is 0 Å². The van der Waals surface area contributed by atoms with Gasteiger partial charge in [-0.1, -0.05) is 33.8 Å². The first-order valence-electron chi connectivity index (χ1n) is 5.46. The predicted molar refractivity (Wildman–Crippen MR) is 72.7 cm³/mol. The SMILES string of the molecule is C/C=C1/C=CNC1=NC=NC.CC.CC.[HH]. The Hall–Kier alpha value is -1.38. The fraction of sp³-hybridized carbons (Fsp3) is 0.500. The van der Waals surface area contributed by atoms with Gasteiger partial charge in [-0.3, -0.25) is 4.99 Å². The van der Waals surface area contributed by atoms with Gasteiger partial charge in [-0.2, -0.15) is 0 Å². The molecule has 0 amide bonds. The molecule has 1 N–H and O–H groups in total. The van der Waals surface area contributed by atoms with Gasteiger partial charge in [0.25, 0.3) is 0 Å². The van der Waals surface area contributed by atoms with E-state index >= 15 is 0 Å². The van der Waals surface area contributed by atoms with Crippen molar-refractivity contribution in [1.82, 2.24) is 5.32 Å². The summed E-state index contributed by atoms with van der Waals surface area (Å²) < 4.78 is 0. The second-order valence-corrected chi connectivity index (χ2v) is 2.07. The Kier molecular flexibility index (Phi) is 13.5. The zero-order valence-corrected chi connectivity index (χ0v) is 10.7. The highest BCUT2D eigenvalue weighted by atomic mass is 15.0. The van der Waals surface area contributed by atoms with Crippen molar-refractivity contribution >= 4 is 12.2 Å². The van der Waals surface area contributed by atoms with Crippen molar-refractivity contribution in [2.75, 3.05) is 7.05 Å². The first-order valence-corrected chi connectivity index (χ1v) is 5.46. The molecule has 0 unspecified atom stereocenters. The van der Waals surface area contributed by atoms with E-state index < -0.39 is 0 Å². The molecule has 0 saturated carbocycles. The van der Waals surface area contributed by atoms with Crippen LogP contribution >= 0.6 is 0 Å². The van der Waals surface area contributed by atoms with Crippen molar-refractivity contribution < 1.29 is 1.43 Å². The molecule has 1 aliphatic rings. The molecular weight excluding hydrogens is 186 g/mol. The molecule has 88 valence electrons. The molecule has 0 saturated heterocycles. The lowest BCUT2D eigenvalue weighted by Crippen LogP contribution is -2.12. The Morgan fingerprint density at radius 1 is 1.27 bits per heavy atom. The quantitative estimate of drug-likeness (QED) is 0.524. The lowest BCUT2D eigenvalue weighted by atomic mass is 10.2. The predicted octanol–water partition coefficient (Wildman–Crippen LogP) is 3.40. The molecule has 0 fully saturated rings. The van der Waals surface area contributed by atoms with Crippen molar-refractivity contribution in [2.24, 2.45) is 9.98 Å². The Labute approximate surface area is 95.2 Å². The Morgan fingerprint density at radius 2 is 1.87 bits per heavy atom. The monoisotopic (exact) mass is 211 g/mol. The normalized spacial score (nSPS) is 18.3. The molecule has 1 heterocycles. The molecule has 0 aromatic heterocycles. The van der Waals surface area contributed by atoms with Crippen LogP contribution in [0.2, 0.25) is 0 Å². The van der Waals surface area contributed by atoms with Crippen LogP contribution in [0.15, 0.2) is 33.9 Å². The van der Waals surface area contributed by atoms with Gasteiger partial charge in [-0.05, 0) is 13.0 Å². The summed E-state index contributed by atoms with van der Waals surface area (Å²) >= 11 is 0. The summed E-state index contributed by atoms with van der Waals surface area (Å²) in [6.45, 7) is 9.98. The van der Waals surface area contributed by atoms with Crippen molar-refractivity contribution in [3.63, 3.8) is 0 Å². The van der Waals surface area contributed by atoms with Crippen molar-refractivity contribution in [3.8, 4) is 0 Å². The number of amidine groups is 1. The summed E-state index contributed by atoms with van der Waals surface area (Å²) in [4.78, 5) is 7.84. The van der Waals surface area contributed by atoms with Gasteiger partial charge in [0.2, 0.25) is 0 Å². The van der Waals surface area contributed by atoms with E-state index in [0.29, 0.717) is 0 Å². The maximum atomic E-state index is 4.08. The van der Waals surface area contributed by atoms with Crippen LogP contribution in [0.3, 0.4) is 0 Å². The average Bonchev–Trinajstić information content (AvgIpc) is 2.79. The van der Waals surface area contributed by atoms with Crippen molar-refractivity contribution in [3.05, 3.63) is 23.9 Å². The Balaban J connectivity index is -0.000000305. The van der Waals surface area contributed by atoms with Crippen LogP contribution in [0.1, 0.15) is 36.0 Å². The number of nitrogens with zero attached hydrogens (tertiary/aromatic N) is 2. The fourth-order valence-corrected chi connectivity index (χ4v) is 0.833. The number of aliphatic imine (C=N–C) groups is 2. The number of hydrogen-bond acceptors (Lipinski definition) is 1. The Morgan fingerprint density at radius 3 is 2.33 bits per heavy atom. The molecule has 0 bridgehead atoms. The maximum absolute atomic E-state index is 4.08. The van der Waals surface area contributed by atoms with Gasteiger partial charge >= 0.3 is 0 Å². The zero-order chi connectivity index (χ0) is 12.1. The second kappa shape index (κ2) is 12.6. The van der Waals surface area contributed by atoms with Crippen LogP contribution in [-0.2, 0) is 0 Å². The van der Waals surface area contributed by atoms with Crippen LogP contribution < -0.4 is 5.32 Å². The topological polar surface area (TPSA) is 36.8 Å². The van der Waals surface area contributed by atoms with Crippen molar-refractivity contribution in [1.29, 1.82) is 0 Å². The molecule has 0 spiro atoms. The summed E-state index contributed by atoms with van der Waals surface area (Å²) in [6.07, 6.45) is 7.36. The third-order valence-corrected chi connectivity index (χ3v) is 1.37. The maximum Gasteiger partial charge on any atom is 0.138 e. The standard InChI is InChI=1S/C8H11N3.2C2H6.H2/c1-3-7-4-5-10-8(7)11-6-9-2;2*1-2;/h3-6H,1-2H3,(H,9,10,11);2*1-2H3;1H/b7-3-;;;. The summed E-state index contributed by atoms with van der Waals surface area (Å²) in [7, 11) is 1.70. The zero-order valence-electron chi connectivity index (χ0n) is 10.7. The molecule has 0 radical (unpaired) electrons. The molecule has 1 rings (SSSR count). The summed E-state index contributed by atoms with van der Waals surface area (Å²) in [5.41, 5.74) is 1.10. The van der Waals surface area contributed by atoms with Gasteiger partial charge in [0.1, 0.15) is 12.2 Å². The molecule has 3 nitrogen and oxygen atoms in total. The highest BCUT2D eigenvalue weighted by Gasteiger charge is 2.05. The van der Waals surface area contributed by atoms with Crippen LogP contribution in [0, 0.1) is 0 Å². The molecule has 3 heteroatoms. The number of hydrogen-bond donors (Lipinski definition) is 1. The second-order valence-electron chi connectivity index (χ2n) is 2.07. The third kappa shape index (κ3) is 6.66. The van der Waals surface area contributed by atoms with E-state index in [4.69, 9.17) is 0 Å². The van der Waals surface area contributed by atoms with E-state index in [1.165, 1.54) is 6.34 Å². The molecule has 0 aliphatic carbocycles. The molecule has 0 aromatic rings. The van der Waals surface area contributed by atoms with Crippen molar-refractivity contribution in [2.45, 2.75) is 34.6 Å². The minimum absolute atomic E-state index is 0. The van der Waals surface area contributed by atoms with E-state index in [0.717, 1.165) is 11.4 Å². The number of allylic oxidation sites excluding steroid dienone is 1. The van der Waals surface area contributed by atoms with Gasteiger partial charge in [0.15, 0.2) is 0 Å². The van der Waals surface area contributed by atoms with E-state index in [1.807, 2.05) is 53.0 Å². The Bertz CT molecular complexity index is 253. The molecule has 0 atom stereocenters. The average molecular weight is 211 g/mol. The minimum atomic E-state index is 0. The van der Waals surface area contributed by atoms with E-state index in [-0.39, 0.29) is 1.43 Å². The fourth-order valence-electron chi connectivity index (χ4n) is 0.833. The third-order valence-electron chi connectivity index (χ3n) is 1.37.